The minimum absolute atomic E-state index is 0.0450. The maximum atomic E-state index is 12.5. The Morgan fingerprint density at radius 2 is 1.78 bits per heavy atom. The predicted molar refractivity (Wildman–Crippen MR) is 61.4 cm³/mol. The molecule has 0 aliphatic carbocycles. The van der Waals surface area contributed by atoms with Gasteiger partial charge < -0.3 is 15.2 Å². The molecule has 0 radical (unpaired) electrons. The summed E-state index contributed by atoms with van der Waals surface area (Å²) in [6.07, 6.45) is -6.42. The Bertz CT molecular complexity index is 341. The van der Waals surface area contributed by atoms with Crippen molar-refractivity contribution in [1.82, 2.24) is 0 Å². The SMILES string of the molecule is CC(N)C(OCCOc1ccccc1)C(F)(F)F. The average molecular weight is 263 g/mol. The third kappa shape index (κ3) is 4.93. The number of hydrogen-bond donors (Lipinski definition) is 1. The Labute approximate surface area is 104 Å². The first-order valence-corrected chi connectivity index (χ1v) is 5.53. The Morgan fingerprint density at radius 1 is 1.17 bits per heavy atom. The fourth-order valence-electron chi connectivity index (χ4n) is 1.40. The minimum Gasteiger partial charge on any atom is -0.491 e. The van der Waals surface area contributed by atoms with Gasteiger partial charge >= 0.3 is 6.18 Å². The van der Waals surface area contributed by atoms with Crippen molar-refractivity contribution in [1.29, 1.82) is 0 Å². The van der Waals surface area contributed by atoms with Crippen molar-refractivity contribution in [2.24, 2.45) is 5.73 Å². The molecule has 0 spiro atoms. The fraction of sp³-hybridized carbons (Fsp3) is 0.500. The van der Waals surface area contributed by atoms with Gasteiger partial charge in [0, 0.05) is 6.04 Å². The van der Waals surface area contributed by atoms with Crippen LogP contribution in [0, 0.1) is 0 Å². The molecule has 18 heavy (non-hydrogen) atoms. The van der Waals surface area contributed by atoms with Gasteiger partial charge in [-0.15, -0.1) is 0 Å². The summed E-state index contributed by atoms with van der Waals surface area (Å²) >= 11 is 0. The van der Waals surface area contributed by atoms with Crippen LogP contribution in [0.15, 0.2) is 30.3 Å². The van der Waals surface area contributed by atoms with Gasteiger partial charge in [-0.05, 0) is 19.1 Å². The second-order valence-corrected chi connectivity index (χ2v) is 3.85. The van der Waals surface area contributed by atoms with E-state index in [4.69, 9.17) is 15.2 Å². The van der Waals surface area contributed by atoms with Gasteiger partial charge in [0.15, 0.2) is 6.10 Å². The first-order chi connectivity index (χ1) is 8.41. The molecule has 0 aliphatic heterocycles. The molecule has 1 aromatic rings. The molecule has 0 bridgehead atoms. The fourth-order valence-corrected chi connectivity index (χ4v) is 1.40. The van der Waals surface area contributed by atoms with Crippen molar-refractivity contribution in [2.75, 3.05) is 13.2 Å². The molecule has 0 amide bonds. The maximum absolute atomic E-state index is 12.5. The monoisotopic (exact) mass is 263 g/mol. The van der Waals surface area contributed by atoms with Crippen LogP contribution in [-0.4, -0.2) is 31.5 Å². The molecule has 0 fully saturated rings. The Hall–Kier alpha value is -1.27. The zero-order chi connectivity index (χ0) is 13.6. The van der Waals surface area contributed by atoms with E-state index in [1.165, 1.54) is 6.92 Å². The van der Waals surface area contributed by atoms with E-state index in [-0.39, 0.29) is 13.2 Å². The smallest absolute Gasteiger partial charge is 0.416 e. The molecule has 1 rings (SSSR count). The van der Waals surface area contributed by atoms with E-state index in [0.717, 1.165) is 0 Å². The van der Waals surface area contributed by atoms with Crippen LogP contribution in [0.25, 0.3) is 0 Å². The van der Waals surface area contributed by atoms with E-state index in [1.54, 1.807) is 24.3 Å². The number of alkyl halides is 3. The first kappa shape index (κ1) is 14.8. The Morgan fingerprint density at radius 3 is 2.28 bits per heavy atom. The summed E-state index contributed by atoms with van der Waals surface area (Å²) in [5, 5.41) is 0. The van der Waals surface area contributed by atoms with Gasteiger partial charge in [-0.25, -0.2) is 0 Å². The van der Waals surface area contributed by atoms with Crippen molar-refractivity contribution in [3.05, 3.63) is 30.3 Å². The largest absolute Gasteiger partial charge is 0.491 e. The van der Waals surface area contributed by atoms with Crippen LogP contribution in [0.4, 0.5) is 13.2 Å². The molecular weight excluding hydrogens is 247 g/mol. The first-order valence-electron chi connectivity index (χ1n) is 5.53. The van der Waals surface area contributed by atoms with Crippen molar-refractivity contribution >= 4 is 0 Å². The Kier molecular flexibility index (Phi) is 5.43. The average Bonchev–Trinajstić information content (AvgIpc) is 2.27. The van der Waals surface area contributed by atoms with Gasteiger partial charge in [0.05, 0.1) is 6.61 Å². The van der Waals surface area contributed by atoms with E-state index in [9.17, 15) is 13.2 Å². The highest BCUT2D eigenvalue weighted by Crippen LogP contribution is 2.24. The predicted octanol–water partition coefficient (Wildman–Crippen LogP) is 2.36. The normalized spacial score (nSPS) is 15.2. The maximum Gasteiger partial charge on any atom is 0.416 e. The van der Waals surface area contributed by atoms with Gasteiger partial charge in [0.25, 0.3) is 0 Å². The summed E-state index contributed by atoms with van der Waals surface area (Å²) in [7, 11) is 0. The Balaban J connectivity index is 2.32. The van der Waals surface area contributed by atoms with Crippen LogP contribution in [0.5, 0.6) is 5.75 Å². The van der Waals surface area contributed by atoms with Crippen LogP contribution in [-0.2, 0) is 4.74 Å². The second-order valence-electron chi connectivity index (χ2n) is 3.85. The summed E-state index contributed by atoms with van der Waals surface area (Å²) < 4.78 is 47.4. The zero-order valence-electron chi connectivity index (χ0n) is 9.98. The molecule has 0 heterocycles. The molecule has 3 nitrogen and oxygen atoms in total. The highest BCUT2D eigenvalue weighted by Gasteiger charge is 2.42. The number of halogens is 3. The summed E-state index contributed by atoms with van der Waals surface area (Å²) in [5.41, 5.74) is 5.23. The lowest BCUT2D eigenvalue weighted by Crippen LogP contribution is -2.45. The number of rotatable bonds is 6. The molecule has 2 atom stereocenters. The standard InChI is InChI=1S/C12H16F3NO2/c1-9(16)11(12(13,14)15)18-8-7-17-10-5-3-2-4-6-10/h2-6,9,11H,7-8,16H2,1H3. The molecule has 0 aliphatic rings. The lowest BCUT2D eigenvalue weighted by molar-refractivity contribution is -0.226. The summed E-state index contributed by atoms with van der Waals surface area (Å²) in [5.74, 6) is 0.588. The topological polar surface area (TPSA) is 44.5 Å². The molecule has 102 valence electrons. The van der Waals surface area contributed by atoms with Gasteiger partial charge in [-0.2, -0.15) is 13.2 Å². The van der Waals surface area contributed by atoms with E-state index in [2.05, 4.69) is 0 Å². The van der Waals surface area contributed by atoms with Crippen molar-refractivity contribution in [3.63, 3.8) is 0 Å². The zero-order valence-corrected chi connectivity index (χ0v) is 9.98. The van der Waals surface area contributed by atoms with Crippen LogP contribution >= 0.6 is 0 Å². The summed E-state index contributed by atoms with van der Waals surface area (Å²) in [6, 6.07) is 7.69. The third-order valence-electron chi connectivity index (χ3n) is 2.19. The van der Waals surface area contributed by atoms with E-state index in [1.807, 2.05) is 6.07 Å². The molecule has 0 saturated carbocycles. The number of hydrogen-bond acceptors (Lipinski definition) is 3. The number of benzene rings is 1. The van der Waals surface area contributed by atoms with Gasteiger partial charge in [0.1, 0.15) is 12.4 Å². The molecule has 0 aromatic heterocycles. The minimum atomic E-state index is -4.46. The van der Waals surface area contributed by atoms with Gasteiger partial charge in [-0.1, -0.05) is 18.2 Å². The molecule has 2 N–H and O–H groups in total. The van der Waals surface area contributed by atoms with E-state index >= 15 is 0 Å². The van der Waals surface area contributed by atoms with Crippen molar-refractivity contribution < 1.29 is 22.6 Å². The van der Waals surface area contributed by atoms with Gasteiger partial charge in [0.2, 0.25) is 0 Å². The summed E-state index contributed by atoms with van der Waals surface area (Å²) in [6.45, 7) is 1.14. The number of nitrogens with two attached hydrogens (primary N) is 1. The molecule has 1 aromatic carbocycles. The van der Waals surface area contributed by atoms with E-state index < -0.39 is 18.3 Å². The van der Waals surface area contributed by atoms with Crippen molar-refractivity contribution in [3.8, 4) is 5.75 Å². The lowest BCUT2D eigenvalue weighted by Gasteiger charge is -2.23. The van der Waals surface area contributed by atoms with Crippen LogP contribution in [0.1, 0.15) is 6.92 Å². The van der Waals surface area contributed by atoms with Gasteiger partial charge in [-0.3, -0.25) is 0 Å². The van der Waals surface area contributed by atoms with E-state index in [0.29, 0.717) is 5.75 Å². The lowest BCUT2D eigenvalue weighted by atomic mass is 10.2. The third-order valence-corrected chi connectivity index (χ3v) is 2.19. The highest BCUT2D eigenvalue weighted by atomic mass is 19.4. The molecule has 2 unspecified atom stereocenters. The second kappa shape index (κ2) is 6.61. The molecule has 0 saturated heterocycles. The van der Waals surface area contributed by atoms with Crippen LogP contribution < -0.4 is 10.5 Å². The van der Waals surface area contributed by atoms with Crippen molar-refractivity contribution in [2.45, 2.75) is 25.2 Å². The quantitative estimate of drug-likeness (QED) is 0.801. The van der Waals surface area contributed by atoms with Crippen LogP contribution in [0.3, 0.4) is 0 Å². The number of ether oxygens (including phenoxy) is 2. The highest BCUT2D eigenvalue weighted by molar-refractivity contribution is 5.20. The van der Waals surface area contributed by atoms with Crippen LogP contribution in [0.2, 0.25) is 0 Å². The molecular formula is C12H16F3NO2. The summed E-state index contributed by atoms with van der Waals surface area (Å²) in [4.78, 5) is 0. The molecule has 6 heteroatoms. The number of para-hydroxylation sites is 1.